The number of hydrogen-bond acceptors (Lipinski definition) is 3. The molecule has 2 aromatic rings. The Morgan fingerprint density at radius 1 is 1.15 bits per heavy atom. The zero-order valence-corrected chi connectivity index (χ0v) is 24.0. The molecule has 0 spiro atoms. The number of aliphatic imine (C=N–C) groups is 1. The van der Waals surface area contributed by atoms with E-state index in [2.05, 4.69) is 42.8 Å². The molecule has 3 unspecified atom stereocenters. The van der Waals surface area contributed by atoms with Gasteiger partial charge in [-0.05, 0) is 73.9 Å². The summed E-state index contributed by atoms with van der Waals surface area (Å²) >= 11 is 0. The van der Waals surface area contributed by atoms with Gasteiger partial charge >= 0.3 is 6.03 Å². The standard InChI is InChI=1S/C32H41FN6O2/c1-4-7-26-19-24(9-12-25(26)5-2)18-22(3)38-17-15-28-21-37(20-23-10-13-27(33)14-11-23)32(41)39(28)29(30(38)40)8-6-16-36-31(34)35/h4-5,7,9-14,19,22,28-29H,2,6,8,15-18,20-21H2,1,3H3,(H4,34,35,36)/b7-4-. The third kappa shape index (κ3) is 7.14. The fraction of sp³-hybridized carbons (Fsp3) is 0.406. The van der Waals surface area contributed by atoms with E-state index in [1.807, 2.05) is 24.0 Å². The van der Waals surface area contributed by atoms with Gasteiger partial charge in [0.15, 0.2) is 5.96 Å². The number of amides is 3. The molecule has 0 radical (unpaired) electrons. The van der Waals surface area contributed by atoms with Crippen molar-refractivity contribution in [2.75, 3.05) is 19.6 Å². The van der Waals surface area contributed by atoms with E-state index in [1.165, 1.54) is 12.1 Å². The molecule has 3 atom stereocenters. The summed E-state index contributed by atoms with van der Waals surface area (Å²) in [6.07, 6.45) is 8.33. The average Bonchev–Trinajstić information content (AvgIpc) is 3.16. The molecule has 41 heavy (non-hydrogen) atoms. The van der Waals surface area contributed by atoms with Crippen LogP contribution >= 0.6 is 0 Å². The highest BCUT2D eigenvalue weighted by Gasteiger charge is 2.47. The smallest absolute Gasteiger partial charge is 0.321 e. The normalized spacial score (nSPS) is 19.8. The quantitative estimate of drug-likeness (QED) is 0.241. The number of nitrogens with zero attached hydrogens (tertiary/aromatic N) is 4. The molecular formula is C32H41FN6O2. The topological polar surface area (TPSA) is 108 Å². The number of nitrogens with two attached hydrogens (primary N) is 2. The van der Waals surface area contributed by atoms with Crippen LogP contribution in [0.1, 0.15) is 55.4 Å². The van der Waals surface area contributed by atoms with Crippen LogP contribution in [-0.2, 0) is 17.8 Å². The Balaban J connectivity index is 1.54. The molecule has 0 aliphatic carbocycles. The van der Waals surface area contributed by atoms with E-state index in [0.717, 1.165) is 22.3 Å². The molecule has 4 rings (SSSR count). The lowest BCUT2D eigenvalue weighted by Gasteiger charge is -2.33. The monoisotopic (exact) mass is 560 g/mol. The van der Waals surface area contributed by atoms with Crippen LogP contribution in [0, 0.1) is 5.82 Å². The highest BCUT2D eigenvalue weighted by atomic mass is 19.1. The molecule has 0 aromatic heterocycles. The first-order valence-electron chi connectivity index (χ1n) is 14.3. The lowest BCUT2D eigenvalue weighted by Crippen LogP contribution is -2.51. The Labute approximate surface area is 242 Å². The highest BCUT2D eigenvalue weighted by Crippen LogP contribution is 2.30. The van der Waals surface area contributed by atoms with Gasteiger partial charge in [-0.15, -0.1) is 0 Å². The second-order valence-corrected chi connectivity index (χ2v) is 10.9. The van der Waals surface area contributed by atoms with Gasteiger partial charge in [0.1, 0.15) is 11.9 Å². The average molecular weight is 561 g/mol. The van der Waals surface area contributed by atoms with Crippen LogP contribution < -0.4 is 11.5 Å². The van der Waals surface area contributed by atoms with E-state index < -0.39 is 6.04 Å². The summed E-state index contributed by atoms with van der Waals surface area (Å²) < 4.78 is 13.4. The number of carbonyl (C=O) groups excluding carboxylic acids is 2. The van der Waals surface area contributed by atoms with Crippen molar-refractivity contribution in [3.8, 4) is 0 Å². The predicted octanol–water partition coefficient (Wildman–Crippen LogP) is 4.39. The molecule has 4 N–H and O–H groups in total. The number of urea groups is 1. The minimum absolute atomic E-state index is 0.00722. The van der Waals surface area contributed by atoms with Crippen LogP contribution in [0.5, 0.6) is 0 Å². The zero-order chi connectivity index (χ0) is 29.5. The fourth-order valence-corrected chi connectivity index (χ4v) is 5.91. The minimum atomic E-state index is -0.605. The molecule has 2 aliphatic heterocycles. The lowest BCUT2D eigenvalue weighted by molar-refractivity contribution is -0.136. The van der Waals surface area contributed by atoms with Crippen LogP contribution in [0.25, 0.3) is 12.2 Å². The summed E-state index contributed by atoms with van der Waals surface area (Å²) in [4.78, 5) is 37.4. The third-order valence-electron chi connectivity index (χ3n) is 7.92. The predicted molar refractivity (Wildman–Crippen MR) is 162 cm³/mol. The van der Waals surface area contributed by atoms with Crippen molar-refractivity contribution >= 4 is 30.0 Å². The summed E-state index contributed by atoms with van der Waals surface area (Å²) in [7, 11) is 0. The van der Waals surface area contributed by atoms with Crippen molar-refractivity contribution in [1.82, 2.24) is 14.7 Å². The van der Waals surface area contributed by atoms with E-state index in [9.17, 15) is 14.0 Å². The second kappa shape index (κ2) is 13.5. The van der Waals surface area contributed by atoms with Crippen molar-refractivity contribution < 1.29 is 14.0 Å². The molecule has 9 heteroatoms. The minimum Gasteiger partial charge on any atom is -0.370 e. The van der Waals surface area contributed by atoms with Crippen LogP contribution in [0.4, 0.5) is 9.18 Å². The second-order valence-electron chi connectivity index (χ2n) is 10.9. The summed E-state index contributed by atoms with van der Waals surface area (Å²) in [6.45, 7) is 9.81. The molecule has 2 heterocycles. The van der Waals surface area contributed by atoms with Gasteiger partial charge in [0, 0.05) is 32.2 Å². The Bertz CT molecular complexity index is 1300. The number of fused-ring (bicyclic) bond motifs is 1. The van der Waals surface area contributed by atoms with Gasteiger partial charge in [0.05, 0.1) is 6.04 Å². The number of halogens is 1. The van der Waals surface area contributed by atoms with E-state index >= 15 is 0 Å². The van der Waals surface area contributed by atoms with Crippen LogP contribution in [0.2, 0.25) is 0 Å². The Kier molecular flexibility index (Phi) is 9.81. The summed E-state index contributed by atoms with van der Waals surface area (Å²) in [5.74, 6) is -0.350. The fourth-order valence-electron chi connectivity index (χ4n) is 5.91. The number of hydrogen-bond donors (Lipinski definition) is 2. The van der Waals surface area contributed by atoms with E-state index in [1.54, 1.807) is 21.9 Å². The summed E-state index contributed by atoms with van der Waals surface area (Å²) in [6, 6.07) is 11.6. The van der Waals surface area contributed by atoms with Gasteiger partial charge in [-0.2, -0.15) is 0 Å². The molecule has 2 saturated heterocycles. The molecule has 8 nitrogen and oxygen atoms in total. The maximum Gasteiger partial charge on any atom is 0.321 e. The zero-order valence-electron chi connectivity index (χ0n) is 24.0. The number of carbonyl (C=O) groups is 2. The maximum absolute atomic E-state index is 14.1. The number of allylic oxidation sites excluding steroid dienone is 1. The lowest BCUT2D eigenvalue weighted by atomic mass is 9.98. The molecule has 2 aromatic carbocycles. The van der Waals surface area contributed by atoms with E-state index in [0.29, 0.717) is 51.9 Å². The summed E-state index contributed by atoms with van der Waals surface area (Å²) in [5, 5.41) is 0. The van der Waals surface area contributed by atoms with Gasteiger partial charge in [0.2, 0.25) is 5.91 Å². The van der Waals surface area contributed by atoms with Crippen molar-refractivity contribution in [2.24, 2.45) is 16.5 Å². The van der Waals surface area contributed by atoms with Crippen LogP contribution in [0.3, 0.4) is 0 Å². The van der Waals surface area contributed by atoms with Gasteiger partial charge in [-0.25, -0.2) is 9.18 Å². The first-order valence-corrected chi connectivity index (χ1v) is 14.3. The Hall–Kier alpha value is -4.14. The number of guanidine groups is 1. The summed E-state index contributed by atoms with van der Waals surface area (Å²) in [5.41, 5.74) is 15.2. The molecular weight excluding hydrogens is 519 g/mol. The van der Waals surface area contributed by atoms with Crippen molar-refractivity contribution in [3.05, 3.63) is 83.2 Å². The van der Waals surface area contributed by atoms with E-state index in [-0.39, 0.29) is 35.8 Å². The number of benzene rings is 2. The van der Waals surface area contributed by atoms with Gasteiger partial charge in [-0.3, -0.25) is 9.79 Å². The van der Waals surface area contributed by atoms with Gasteiger partial charge in [0.25, 0.3) is 0 Å². The first kappa shape index (κ1) is 29.8. The van der Waals surface area contributed by atoms with Crippen molar-refractivity contribution in [1.29, 1.82) is 0 Å². The Morgan fingerprint density at radius 2 is 1.88 bits per heavy atom. The van der Waals surface area contributed by atoms with Gasteiger partial charge < -0.3 is 26.2 Å². The number of rotatable bonds is 11. The molecule has 3 amide bonds. The molecule has 2 aliphatic rings. The largest absolute Gasteiger partial charge is 0.370 e. The molecule has 2 fully saturated rings. The van der Waals surface area contributed by atoms with E-state index in [4.69, 9.17) is 11.5 Å². The van der Waals surface area contributed by atoms with Crippen molar-refractivity contribution in [3.63, 3.8) is 0 Å². The molecule has 0 saturated carbocycles. The first-order chi connectivity index (χ1) is 19.7. The van der Waals surface area contributed by atoms with Crippen molar-refractivity contribution in [2.45, 2.75) is 64.2 Å². The maximum atomic E-state index is 14.1. The Morgan fingerprint density at radius 3 is 2.56 bits per heavy atom. The van der Waals surface area contributed by atoms with Crippen LogP contribution in [0.15, 0.2) is 60.1 Å². The highest BCUT2D eigenvalue weighted by molar-refractivity contribution is 5.89. The molecule has 218 valence electrons. The third-order valence-corrected chi connectivity index (χ3v) is 7.92. The van der Waals surface area contributed by atoms with Crippen LogP contribution in [-0.4, -0.2) is 70.4 Å². The SMILES string of the molecule is C=Cc1ccc(CC(C)N2CCC3CN(Cc4ccc(F)cc4)C(=O)N3C(CCCN=C(N)N)C2=O)cc1/C=C\C. The molecule has 0 bridgehead atoms. The van der Waals surface area contributed by atoms with Gasteiger partial charge in [-0.1, -0.05) is 55.1 Å².